The van der Waals surface area contributed by atoms with Gasteiger partial charge in [-0.15, -0.1) is 11.8 Å². The maximum atomic E-state index is 4.45. The van der Waals surface area contributed by atoms with Gasteiger partial charge in [0.15, 0.2) is 0 Å². The van der Waals surface area contributed by atoms with Crippen LogP contribution in [-0.4, -0.2) is 35.9 Å². The van der Waals surface area contributed by atoms with E-state index in [9.17, 15) is 0 Å². The Balaban J connectivity index is 3.58. The van der Waals surface area contributed by atoms with Crippen molar-refractivity contribution in [2.24, 2.45) is 0 Å². The van der Waals surface area contributed by atoms with Crippen molar-refractivity contribution in [2.75, 3.05) is 26.9 Å². The molecule has 0 radical (unpaired) electrons. The Morgan fingerprint density at radius 2 is 2.00 bits per heavy atom. The summed E-state index contributed by atoms with van der Waals surface area (Å²) in [5.74, 6) is 0. The first-order valence-electron chi connectivity index (χ1n) is 2.90. The van der Waals surface area contributed by atoms with Crippen LogP contribution in [0.3, 0.4) is 0 Å². The second-order valence-electron chi connectivity index (χ2n) is 2.62. The highest BCUT2D eigenvalue weighted by Gasteiger charge is 2.17. The summed E-state index contributed by atoms with van der Waals surface area (Å²) in [6, 6.07) is 0. The third-order valence-corrected chi connectivity index (χ3v) is 2.75. The summed E-state index contributed by atoms with van der Waals surface area (Å²) < 4.78 is 0.101. The summed E-state index contributed by atoms with van der Waals surface area (Å²) in [5, 5.41) is 0. The van der Waals surface area contributed by atoms with Crippen LogP contribution in [0.25, 0.3) is 0 Å². The third-order valence-electron chi connectivity index (χ3n) is 1.05. The minimum Gasteiger partial charge on any atom is -0.307 e. The molecule has 0 saturated heterocycles. The molecule has 1 atom stereocenters. The van der Waals surface area contributed by atoms with Crippen molar-refractivity contribution in [3.63, 3.8) is 0 Å². The molecule has 0 bridgehead atoms. The van der Waals surface area contributed by atoms with E-state index in [2.05, 4.69) is 44.8 Å². The van der Waals surface area contributed by atoms with E-state index in [0.717, 1.165) is 6.54 Å². The normalized spacial score (nSPS) is 18.0. The fraction of sp³-hybridized carbons (Fsp3) is 1.00. The van der Waals surface area contributed by atoms with Gasteiger partial charge in [0.1, 0.15) is 0 Å². The summed E-state index contributed by atoms with van der Waals surface area (Å²) in [6.45, 7) is 3.14. The Kier molecular flexibility index (Phi) is 4.01. The van der Waals surface area contributed by atoms with Crippen LogP contribution in [0.2, 0.25) is 0 Å². The summed E-state index contributed by atoms with van der Waals surface area (Å²) in [4.78, 5) is 2.14. The molecule has 0 aromatic heterocycles. The Hall–Kier alpha value is 0.660. The Labute approximate surface area is 67.6 Å². The molecule has 3 heteroatoms. The summed E-state index contributed by atoms with van der Waals surface area (Å²) >= 11 is 6.23. The van der Waals surface area contributed by atoms with Crippen LogP contribution in [0.4, 0.5) is 0 Å². The van der Waals surface area contributed by atoms with Gasteiger partial charge < -0.3 is 4.90 Å². The molecule has 56 valence electrons. The summed E-state index contributed by atoms with van der Waals surface area (Å²) in [7, 11) is 4.12. The topological polar surface area (TPSA) is 3.24 Å². The van der Waals surface area contributed by atoms with Gasteiger partial charge in [0.05, 0.1) is 4.08 Å². The standard InChI is InChI=1S/C6H15NS2/c1-6(8,9-4)5-7(2)3/h8H,5H2,1-4H3. The third kappa shape index (κ3) is 5.12. The lowest BCUT2D eigenvalue weighted by atomic mass is 10.4. The largest absolute Gasteiger partial charge is 0.307 e. The second kappa shape index (κ2) is 3.74. The van der Waals surface area contributed by atoms with Gasteiger partial charge in [0, 0.05) is 6.54 Å². The van der Waals surface area contributed by atoms with Gasteiger partial charge in [-0.05, 0) is 27.3 Å². The van der Waals surface area contributed by atoms with E-state index in [-0.39, 0.29) is 4.08 Å². The van der Waals surface area contributed by atoms with Gasteiger partial charge in [-0.1, -0.05) is 0 Å². The van der Waals surface area contributed by atoms with Crippen molar-refractivity contribution in [1.29, 1.82) is 0 Å². The van der Waals surface area contributed by atoms with Gasteiger partial charge in [0.25, 0.3) is 0 Å². The molecular weight excluding hydrogens is 150 g/mol. The highest BCUT2D eigenvalue weighted by atomic mass is 32.2. The van der Waals surface area contributed by atoms with Gasteiger partial charge in [-0.3, -0.25) is 0 Å². The lowest BCUT2D eigenvalue weighted by Gasteiger charge is -2.24. The average molecular weight is 165 g/mol. The highest BCUT2D eigenvalue weighted by Crippen LogP contribution is 2.26. The molecule has 0 N–H and O–H groups in total. The van der Waals surface area contributed by atoms with Crippen molar-refractivity contribution in [3.05, 3.63) is 0 Å². The molecule has 0 aliphatic carbocycles. The molecule has 0 fully saturated rings. The highest BCUT2D eigenvalue weighted by molar-refractivity contribution is 8.11. The lowest BCUT2D eigenvalue weighted by molar-refractivity contribution is 0.404. The predicted molar refractivity (Wildman–Crippen MR) is 49.5 cm³/mol. The molecule has 0 aromatic rings. The van der Waals surface area contributed by atoms with Gasteiger partial charge in [-0.2, -0.15) is 12.6 Å². The Morgan fingerprint density at radius 3 is 2.11 bits per heavy atom. The minimum atomic E-state index is 0.101. The molecule has 0 amide bonds. The van der Waals surface area contributed by atoms with Gasteiger partial charge in [-0.25, -0.2) is 0 Å². The van der Waals surface area contributed by atoms with Crippen molar-refractivity contribution in [3.8, 4) is 0 Å². The van der Waals surface area contributed by atoms with Crippen LogP contribution >= 0.6 is 24.4 Å². The fourth-order valence-electron chi connectivity index (χ4n) is 0.651. The molecule has 9 heavy (non-hydrogen) atoms. The molecule has 0 saturated carbocycles. The molecule has 0 heterocycles. The molecule has 1 nitrogen and oxygen atoms in total. The summed E-state index contributed by atoms with van der Waals surface area (Å²) in [6.07, 6.45) is 2.08. The number of thiol groups is 1. The number of hydrogen-bond donors (Lipinski definition) is 1. The molecule has 0 aromatic carbocycles. The smallest absolute Gasteiger partial charge is 0.0676 e. The molecule has 0 spiro atoms. The number of hydrogen-bond acceptors (Lipinski definition) is 3. The zero-order valence-electron chi connectivity index (χ0n) is 6.51. The molecule has 1 unspecified atom stereocenters. The van der Waals surface area contributed by atoms with E-state index < -0.39 is 0 Å². The Morgan fingerprint density at radius 1 is 1.56 bits per heavy atom. The van der Waals surface area contributed by atoms with E-state index in [1.165, 1.54) is 0 Å². The first kappa shape index (κ1) is 9.66. The van der Waals surface area contributed by atoms with E-state index in [0.29, 0.717) is 0 Å². The summed E-state index contributed by atoms with van der Waals surface area (Å²) in [5.41, 5.74) is 0. The first-order valence-corrected chi connectivity index (χ1v) is 4.57. The fourth-order valence-corrected chi connectivity index (χ4v) is 1.32. The van der Waals surface area contributed by atoms with E-state index in [1.54, 1.807) is 11.8 Å². The van der Waals surface area contributed by atoms with Crippen molar-refractivity contribution in [2.45, 2.75) is 11.0 Å². The van der Waals surface area contributed by atoms with Crippen molar-refractivity contribution < 1.29 is 0 Å². The number of rotatable bonds is 3. The van der Waals surface area contributed by atoms with Crippen LogP contribution in [0, 0.1) is 0 Å². The first-order chi connectivity index (χ1) is 3.98. The van der Waals surface area contributed by atoms with E-state index in [1.807, 2.05) is 0 Å². The monoisotopic (exact) mass is 165 g/mol. The Bertz CT molecular complexity index is 81.1. The zero-order chi connectivity index (χ0) is 7.49. The molecular formula is C6H15NS2. The SMILES string of the molecule is CSC(C)(S)CN(C)C. The van der Waals surface area contributed by atoms with E-state index >= 15 is 0 Å². The van der Waals surface area contributed by atoms with Crippen molar-refractivity contribution in [1.82, 2.24) is 4.90 Å². The second-order valence-corrected chi connectivity index (χ2v) is 5.22. The maximum Gasteiger partial charge on any atom is 0.0676 e. The molecule has 0 aliphatic heterocycles. The number of nitrogens with zero attached hydrogens (tertiary/aromatic N) is 1. The lowest BCUT2D eigenvalue weighted by Crippen LogP contribution is -2.28. The predicted octanol–water partition coefficient (Wildman–Crippen LogP) is 1.56. The average Bonchev–Trinajstić information content (AvgIpc) is 1.63. The van der Waals surface area contributed by atoms with Crippen LogP contribution in [-0.2, 0) is 0 Å². The van der Waals surface area contributed by atoms with E-state index in [4.69, 9.17) is 0 Å². The van der Waals surface area contributed by atoms with Crippen LogP contribution in [0.15, 0.2) is 0 Å². The van der Waals surface area contributed by atoms with Gasteiger partial charge >= 0.3 is 0 Å². The van der Waals surface area contributed by atoms with Crippen LogP contribution < -0.4 is 0 Å². The zero-order valence-corrected chi connectivity index (χ0v) is 8.22. The van der Waals surface area contributed by atoms with Crippen LogP contribution in [0.5, 0.6) is 0 Å². The number of thioether (sulfide) groups is 1. The minimum absolute atomic E-state index is 0.101. The quantitative estimate of drug-likeness (QED) is 0.499. The molecule has 0 aliphatic rings. The van der Waals surface area contributed by atoms with Crippen LogP contribution in [0.1, 0.15) is 6.92 Å². The maximum absolute atomic E-state index is 4.45. The van der Waals surface area contributed by atoms with Crippen molar-refractivity contribution >= 4 is 24.4 Å². The van der Waals surface area contributed by atoms with Gasteiger partial charge in [0.2, 0.25) is 0 Å². The molecule has 0 rings (SSSR count).